The van der Waals surface area contributed by atoms with Crippen molar-refractivity contribution in [3.05, 3.63) is 42.1 Å². The molecule has 1 atom stereocenters. The molecule has 1 aromatic heterocycles. The van der Waals surface area contributed by atoms with Gasteiger partial charge in [-0.2, -0.15) is 0 Å². The van der Waals surface area contributed by atoms with Crippen LogP contribution in [0.2, 0.25) is 0 Å². The lowest BCUT2D eigenvalue weighted by Crippen LogP contribution is -2.52. The van der Waals surface area contributed by atoms with E-state index in [-0.39, 0.29) is 5.91 Å². The number of morpholine rings is 1. The van der Waals surface area contributed by atoms with Gasteiger partial charge in [0.1, 0.15) is 0 Å². The van der Waals surface area contributed by atoms with Gasteiger partial charge in [-0.1, -0.05) is 44.9 Å². The molecule has 2 heterocycles. The molecule has 0 aliphatic carbocycles. The highest BCUT2D eigenvalue weighted by Crippen LogP contribution is 2.20. The zero-order valence-electron chi connectivity index (χ0n) is 15.8. The average Bonchev–Trinajstić information content (AvgIpc) is 2.71. The minimum absolute atomic E-state index is 0.0430. The van der Waals surface area contributed by atoms with Gasteiger partial charge < -0.3 is 10.1 Å². The summed E-state index contributed by atoms with van der Waals surface area (Å²) < 4.78 is 5.50. The molecule has 140 valence electrons. The van der Waals surface area contributed by atoms with Gasteiger partial charge in [-0.3, -0.25) is 14.7 Å². The Kier molecular flexibility index (Phi) is 6.58. The number of ether oxygens (including phenoxy) is 1. The van der Waals surface area contributed by atoms with Crippen LogP contribution < -0.4 is 5.32 Å². The van der Waals surface area contributed by atoms with E-state index >= 15 is 0 Å². The Labute approximate surface area is 155 Å². The predicted molar refractivity (Wildman–Crippen MR) is 104 cm³/mol. The average molecular weight is 355 g/mol. The second kappa shape index (κ2) is 9.10. The number of rotatable bonds is 7. The van der Waals surface area contributed by atoms with Crippen molar-refractivity contribution < 1.29 is 9.53 Å². The van der Waals surface area contributed by atoms with Crippen molar-refractivity contribution in [2.45, 2.75) is 32.7 Å². The highest BCUT2D eigenvalue weighted by molar-refractivity contribution is 6.05. The number of hydrogen-bond donors (Lipinski definition) is 1. The van der Waals surface area contributed by atoms with E-state index in [0.29, 0.717) is 24.1 Å². The number of fused-ring (bicyclic) bond motifs is 1. The number of carbonyl (C=O) groups excluding carboxylic acids is 1. The van der Waals surface area contributed by atoms with Crippen molar-refractivity contribution in [3.8, 4) is 0 Å². The summed E-state index contributed by atoms with van der Waals surface area (Å²) in [6, 6.07) is 9.98. The van der Waals surface area contributed by atoms with Crippen LogP contribution in [0.1, 0.15) is 37.0 Å². The molecule has 2 aromatic rings. The summed E-state index contributed by atoms with van der Waals surface area (Å²) in [5.41, 5.74) is 1.41. The molecule has 3 rings (SSSR count). The Morgan fingerprint density at radius 3 is 2.65 bits per heavy atom. The number of amides is 1. The van der Waals surface area contributed by atoms with Gasteiger partial charge in [0.25, 0.3) is 5.91 Å². The summed E-state index contributed by atoms with van der Waals surface area (Å²) in [6.07, 6.45) is 3.97. The van der Waals surface area contributed by atoms with Crippen LogP contribution in [0.15, 0.2) is 36.5 Å². The number of nitrogens with one attached hydrogen (secondary N) is 1. The predicted octanol–water partition coefficient (Wildman–Crippen LogP) is 3.10. The van der Waals surface area contributed by atoms with Crippen molar-refractivity contribution >= 4 is 16.8 Å². The molecule has 1 aliphatic rings. The molecule has 0 unspecified atom stereocenters. The molecule has 0 saturated carbocycles. The summed E-state index contributed by atoms with van der Waals surface area (Å²) in [4.78, 5) is 19.7. The van der Waals surface area contributed by atoms with Crippen molar-refractivity contribution in [2.24, 2.45) is 5.92 Å². The first-order chi connectivity index (χ1) is 12.7. The summed E-state index contributed by atoms with van der Waals surface area (Å²) >= 11 is 0. The van der Waals surface area contributed by atoms with E-state index in [1.54, 1.807) is 6.20 Å². The van der Waals surface area contributed by atoms with Crippen molar-refractivity contribution in [2.75, 3.05) is 32.8 Å². The molecular weight excluding hydrogens is 326 g/mol. The van der Waals surface area contributed by atoms with E-state index in [4.69, 9.17) is 4.74 Å². The van der Waals surface area contributed by atoms with Crippen LogP contribution in [-0.4, -0.2) is 54.7 Å². The fraction of sp³-hybridized carbons (Fsp3) is 0.524. The molecule has 26 heavy (non-hydrogen) atoms. The molecule has 0 bridgehead atoms. The fourth-order valence-corrected chi connectivity index (χ4v) is 3.92. The van der Waals surface area contributed by atoms with Gasteiger partial charge in [-0.25, -0.2) is 0 Å². The molecule has 1 saturated heterocycles. The van der Waals surface area contributed by atoms with Gasteiger partial charge in [-0.05, 0) is 18.1 Å². The highest BCUT2D eigenvalue weighted by Gasteiger charge is 2.27. The third-order valence-electron chi connectivity index (χ3n) is 5.46. The number of aromatic nitrogens is 1. The molecule has 1 amide bonds. The molecule has 5 heteroatoms. The minimum atomic E-state index is -0.0430. The molecule has 1 aromatic carbocycles. The smallest absolute Gasteiger partial charge is 0.253 e. The van der Waals surface area contributed by atoms with Gasteiger partial charge in [-0.15, -0.1) is 0 Å². The van der Waals surface area contributed by atoms with Crippen LogP contribution in [0.4, 0.5) is 0 Å². The third-order valence-corrected chi connectivity index (χ3v) is 5.46. The van der Waals surface area contributed by atoms with Gasteiger partial charge >= 0.3 is 0 Å². The third kappa shape index (κ3) is 4.22. The molecule has 1 aliphatic heterocycles. The lowest BCUT2D eigenvalue weighted by atomic mass is 9.92. The zero-order chi connectivity index (χ0) is 18.4. The Morgan fingerprint density at radius 1 is 1.19 bits per heavy atom. The topological polar surface area (TPSA) is 54.5 Å². The van der Waals surface area contributed by atoms with Crippen LogP contribution in [0.5, 0.6) is 0 Å². The van der Waals surface area contributed by atoms with E-state index in [0.717, 1.165) is 50.0 Å². The van der Waals surface area contributed by atoms with Gasteiger partial charge in [0.2, 0.25) is 0 Å². The number of hydrogen-bond acceptors (Lipinski definition) is 4. The molecule has 1 fully saturated rings. The summed E-state index contributed by atoms with van der Waals surface area (Å²) in [6.45, 7) is 8.56. The van der Waals surface area contributed by atoms with Crippen molar-refractivity contribution in [1.82, 2.24) is 15.2 Å². The SMILES string of the molecule is CCC(CC)[C@@H](CNC(=O)c1cccc2cccnc12)N1CCOCC1. The fourth-order valence-electron chi connectivity index (χ4n) is 3.92. The Hall–Kier alpha value is -1.98. The number of benzene rings is 1. The van der Waals surface area contributed by atoms with E-state index in [1.165, 1.54) is 0 Å². The van der Waals surface area contributed by atoms with Gasteiger partial charge in [0, 0.05) is 37.3 Å². The Bertz CT molecular complexity index is 719. The van der Waals surface area contributed by atoms with Crippen LogP contribution >= 0.6 is 0 Å². The molecule has 5 nitrogen and oxygen atoms in total. The van der Waals surface area contributed by atoms with Crippen LogP contribution in [0, 0.1) is 5.92 Å². The number of pyridine rings is 1. The second-order valence-corrected chi connectivity index (χ2v) is 6.88. The molecule has 1 N–H and O–H groups in total. The maximum absolute atomic E-state index is 12.9. The first-order valence-electron chi connectivity index (χ1n) is 9.68. The summed E-state index contributed by atoms with van der Waals surface area (Å²) in [5, 5.41) is 4.17. The van der Waals surface area contributed by atoms with Crippen LogP contribution in [0.25, 0.3) is 10.9 Å². The Balaban J connectivity index is 1.74. The van der Waals surface area contributed by atoms with Gasteiger partial charge in [0.05, 0.1) is 24.3 Å². The largest absolute Gasteiger partial charge is 0.379 e. The molecule has 0 spiro atoms. The van der Waals surface area contributed by atoms with E-state index in [1.807, 2.05) is 30.3 Å². The van der Waals surface area contributed by atoms with Crippen LogP contribution in [0.3, 0.4) is 0 Å². The normalized spacial score (nSPS) is 16.7. The maximum atomic E-state index is 12.9. The van der Waals surface area contributed by atoms with E-state index in [9.17, 15) is 4.79 Å². The zero-order valence-corrected chi connectivity index (χ0v) is 15.8. The lowest BCUT2D eigenvalue weighted by molar-refractivity contribution is 0.00192. The Morgan fingerprint density at radius 2 is 1.92 bits per heavy atom. The quantitative estimate of drug-likeness (QED) is 0.829. The summed E-state index contributed by atoms with van der Waals surface area (Å²) in [7, 11) is 0. The lowest BCUT2D eigenvalue weighted by Gasteiger charge is -2.38. The van der Waals surface area contributed by atoms with E-state index < -0.39 is 0 Å². The summed E-state index contributed by atoms with van der Waals surface area (Å²) in [5.74, 6) is 0.526. The number of nitrogens with zero attached hydrogens (tertiary/aromatic N) is 2. The highest BCUT2D eigenvalue weighted by atomic mass is 16.5. The van der Waals surface area contributed by atoms with Crippen molar-refractivity contribution in [1.29, 1.82) is 0 Å². The number of carbonyl (C=O) groups is 1. The second-order valence-electron chi connectivity index (χ2n) is 6.88. The maximum Gasteiger partial charge on any atom is 0.253 e. The first-order valence-corrected chi connectivity index (χ1v) is 9.68. The van der Waals surface area contributed by atoms with Crippen molar-refractivity contribution in [3.63, 3.8) is 0 Å². The molecule has 0 radical (unpaired) electrons. The monoisotopic (exact) mass is 355 g/mol. The van der Waals surface area contributed by atoms with Gasteiger partial charge in [0.15, 0.2) is 0 Å². The molecular formula is C21H29N3O2. The van der Waals surface area contributed by atoms with E-state index in [2.05, 4.69) is 29.0 Å². The number of para-hydroxylation sites is 1. The van der Waals surface area contributed by atoms with Crippen LogP contribution in [-0.2, 0) is 4.74 Å². The first kappa shape index (κ1) is 18.8. The standard InChI is InChI=1S/C21H29N3O2/c1-3-16(4-2)19(24-11-13-26-14-12-24)15-23-21(25)18-9-5-7-17-8-6-10-22-20(17)18/h5-10,16,19H,3-4,11-15H2,1-2H3,(H,23,25)/t19-/m1/s1. The minimum Gasteiger partial charge on any atom is -0.379 e.